The van der Waals surface area contributed by atoms with E-state index in [1.54, 1.807) is 7.05 Å². The highest BCUT2D eigenvalue weighted by molar-refractivity contribution is 7.99. The first-order valence-corrected chi connectivity index (χ1v) is 8.55. The van der Waals surface area contributed by atoms with Gasteiger partial charge in [0.25, 0.3) is 0 Å². The van der Waals surface area contributed by atoms with Crippen LogP contribution in [0.4, 0.5) is 4.79 Å². The van der Waals surface area contributed by atoms with Crippen molar-refractivity contribution < 1.29 is 19.4 Å². The first-order chi connectivity index (χ1) is 10.0. The van der Waals surface area contributed by atoms with Gasteiger partial charge in [0.15, 0.2) is 0 Å². The first kappa shape index (κ1) is 16.4. The highest BCUT2D eigenvalue weighted by atomic mass is 32.2. The van der Waals surface area contributed by atoms with Gasteiger partial charge in [0.05, 0.1) is 19.3 Å². The van der Waals surface area contributed by atoms with Crippen LogP contribution in [-0.4, -0.2) is 65.4 Å². The number of thioether (sulfide) groups is 1. The predicted octanol–water partition coefficient (Wildman–Crippen LogP) is 1.40. The Morgan fingerprint density at radius 3 is 2.81 bits per heavy atom. The Balaban J connectivity index is 1.91. The zero-order chi connectivity index (χ0) is 15.4. The molecule has 1 saturated heterocycles. The van der Waals surface area contributed by atoms with Gasteiger partial charge in [0.2, 0.25) is 0 Å². The summed E-state index contributed by atoms with van der Waals surface area (Å²) in [6, 6.07) is -0.387. The molecule has 1 aliphatic heterocycles. The molecule has 7 heteroatoms. The van der Waals surface area contributed by atoms with E-state index in [9.17, 15) is 9.59 Å². The van der Waals surface area contributed by atoms with Crippen molar-refractivity contribution in [3.8, 4) is 0 Å². The quantitative estimate of drug-likeness (QED) is 0.801. The minimum absolute atomic E-state index is 0.176. The van der Waals surface area contributed by atoms with E-state index in [1.807, 2.05) is 11.8 Å². The summed E-state index contributed by atoms with van der Waals surface area (Å²) < 4.78 is 5.23. The molecule has 1 aliphatic carbocycles. The SMILES string of the molecule is CCSC1CCCC1NC(=O)N(C)C1COCC1C(=O)O. The fourth-order valence-corrected chi connectivity index (χ4v) is 4.27. The maximum Gasteiger partial charge on any atom is 0.317 e. The monoisotopic (exact) mass is 316 g/mol. The van der Waals surface area contributed by atoms with Gasteiger partial charge in [-0.1, -0.05) is 13.3 Å². The van der Waals surface area contributed by atoms with Crippen LogP contribution >= 0.6 is 11.8 Å². The average Bonchev–Trinajstić information content (AvgIpc) is 3.08. The molecule has 4 atom stereocenters. The number of likely N-dealkylation sites (N-methyl/N-ethyl adjacent to an activating group) is 1. The standard InChI is InChI=1S/C14H24N2O4S/c1-3-21-12-6-4-5-10(12)15-14(19)16(2)11-8-20-7-9(11)13(17)18/h9-12H,3-8H2,1-2H3,(H,15,19)(H,17,18). The Hall–Kier alpha value is -0.950. The molecule has 6 nitrogen and oxygen atoms in total. The number of carboxylic acids is 1. The molecule has 21 heavy (non-hydrogen) atoms. The highest BCUT2D eigenvalue weighted by Gasteiger charge is 2.39. The molecular formula is C14H24N2O4S. The van der Waals surface area contributed by atoms with Gasteiger partial charge in [-0.2, -0.15) is 11.8 Å². The molecule has 2 amide bonds. The number of hydrogen-bond donors (Lipinski definition) is 2. The van der Waals surface area contributed by atoms with Crippen molar-refractivity contribution in [2.24, 2.45) is 5.92 Å². The predicted molar refractivity (Wildman–Crippen MR) is 81.6 cm³/mol. The summed E-state index contributed by atoms with van der Waals surface area (Å²) in [4.78, 5) is 25.0. The second-order valence-electron chi connectivity index (χ2n) is 5.64. The Morgan fingerprint density at radius 1 is 1.38 bits per heavy atom. The molecule has 0 aromatic heterocycles. The molecule has 1 saturated carbocycles. The van der Waals surface area contributed by atoms with E-state index in [0.29, 0.717) is 11.9 Å². The van der Waals surface area contributed by atoms with E-state index in [0.717, 1.165) is 25.0 Å². The molecule has 0 radical (unpaired) electrons. The number of carbonyl (C=O) groups is 2. The fourth-order valence-electron chi connectivity index (χ4n) is 3.08. The molecule has 0 aromatic carbocycles. The van der Waals surface area contributed by atoms with E-state index < -0.39 is 11.9 Å². The lowest BCUT2D eigenvalue weighted by Gasteiger charge is -2.29. The zero-order valence-electron chi connectivity index (χ0n) is 12.6. The van der Waals surface area contributed by atoms with Gasteiger partial charge in [0.1, 0.15) is 5.92 Å². The second-order valence-corrected chi connectivity index (χ2v) is 7.16. The Labute approximate surface area is 129 Å². The van der Waals surface area contributed by atoms with Gasteiger partial charge in [-0.25, -0.2) is 4.79 Å². The van der Waals surface area contributed by atoms with Crippen LogP contribution in [0, 0.1) is 5.92 Å². The lowest BCUT2D eigenvalue weighted by Crippen LogP contribution is -2.51. The van der Waals surface area contributed by atoms with E-state index in [4.69, 9.17) is 9.84 Å². The summed E-state index contributed by atoms with van der Waals surface area (Å²) in [5, 5.41) is 12.7. The normalized spacial score (nSPS) is 32.1. The van der Waals surface area contributed by atoms with Crippen molar-refractivity contribution >= 4 is 23.8 Å². The van der Waals surface area contributed by atoms with Crippen molar-refractivity contribution in [3.63, 3.8) is 0 Å². The van der Waals surface area contributed by atoms with Gasteiger partial charge >= 0.3 is 12.0 Å². The summed E-state index contributed by atoms with van der Waals surface area (Å²) in [7, 11) is 1.65. The lowest BCUT2D eigenvalue weighted by molar-refractivity contribution is -0.142. The topological polar surface area (TPSA) is 78.9 Å². The van der Waals surface area contributed by atoms with Crippen LogP contribution in [0.15, 0.2) is 0 Å². The largest absolute Gasteiger partial charge is 0.481 e. The molecule has 2 aliphatic rings. The summed E-state index contributed by atoms with van der Waals surface area (Å²) in [5.74, 6) is -0.493. The maximum absolute atomic E-state index is 12.4. The van der Waals surface area contributed by atoms with Crippen molar-refractivity contribution in [2.45, 2.75) is 43.5 Å². The molecule has 2 fully saturated rings. The molecular weight excluding hydrogens is 292 g/mol. The number of ether oxygens (including phenoxy) is 1. The van der Waals surface area contributed by atoms with Crippen molar-refractivity contribution in [1.29, 1.82) is 0 Å². The Bertz CT molecular complexity index is 393. The van der Waals surface area contributed by atoms with Crippen LogP contribution in [0.2, 0.25) is 0 Å². The molecule has 0 spiro atoms. The van der Waals surface area contributed by atoms with Crippen LogP contribution in [-0.2, 0) is 9.53 Å². The first-order valence-electron chi connectivity index (χ1n) is 7.50. The van der Waals surface area contributed by atoms with Gasteiger partial charge in [-0.05, 0) is 18.6 Å². The molecule has 0 aromatic rings. The van der Waals surface area contributed by atoms with Gasteiger partial charge < -0.3 is 20.1 Å². The van der Waals surface area contributed by atoms with Gasteiger partial charge in [-0.15, -0.1) is 0 Å². The van der Waals surface area contributed by atoms with Crippen LogP contribution < -0.4 is 5.32 Å². The molecule has 0 bridgehead atoms. The Kier molecular flexibility index (Phi) is 5.75. The number of aliphatic carboxylic acids is 1. The van der Waals surface area contributed by atoms with Crippen LogP contribution in [0.1, 0.15) is 26.2 Å². The van der Waals surface area contributed by atoms with Crippen LogP contribution in [0.3, 0.4) is 0 Å². The third-order valence-electron chi connectivity index (χ3n) is 4.33. The summed E-state index contributed by atoms with van der Waals surface area (Å²) in [6.07, 6.45) is 3.27. The molecule has 2 rings (SSSR count). The van der Waals surface area contributed by atoms with Crippen LogP contribution in [0.5, 0.6) is 0 Å². The molecule has 120 valence electrons. The van der Waals surface area contributed by atoms with Gasteiger partial charge in [-0.3, -0.25) is 4.79 Å². The minimum atomic E-state index is -0.905. The molecule has 4 unspecified atom stereocenters. The van der Waals surface area contributed by atoms with E-state index in [2.05, 4.69) is 12.2 Å². The summed E-state index contributed by atoms with van der Waals surface area (Å²) >= 11 is 1.89. The number of amides is 2. The summed E-state index contributed by atoms with van der Waals surface area (Å²) in [5.41, 5.74) is 0. The summed E-state index contributed by atoms with van der Waals surface area (Å²) in [6.45, 7) is 2.59. The average molecular weight is 316 g/mol. The van der Waals surface area contributed by atoms with Crippen LogP contribution in [0.25, 0.3) is 0 Å². The van der Waals surface area contributed by atoms with Crippen molar-refractivity contribution in [1.82, 2.24) is 10.2 Å². The lowest BCUT2D eigenvalue weighted by atomic mass is 10.0. The smallest absolute Gasteiger partial charge is 0.317 e. The number of rotatable bonds is 5. The van der Waals surface area contributed by atoms with Gasteiger partial charge in [0, 0.05) is 18.3 Å². The number of hydrogen-bond acceptors (Lipinski definition) is 4. The molecule has 1 heterocycles. The highest BCUT2D eigenvalue weighted by Crippen LogP contribution is 2.30. The zero-order valence-corrected chi connectivity index (χ0v) is 13.4. The fraction of sp³-hybridized carbons (Fsp3) is 0.857. The maximum atomic E-state index is 12.4. The third kappa shape index (κ3) is 3.83. The molecule has 2 N–H and O–H groups in total. The third-order valence-corrected chi connectivity index (χ3v) is 5.65. The van der Waals surface area contributed by atoms with Crippen molar-refractivity contribution in [2.75, 3.05) is 26.0 Å². The number of nitrogens with one attached hydrogen (secondary N) is 1. The van der Waals surface area contributed by atoms with E-state index in [1.165, 1.54) is 4.90 Å². The minimum Gasteiger partial charge on any atom is -0.481 e. The number of carbonyl (C=O) groups excluding carboxylic acids is 1. The number of urea groups is 1. The second kappa shape index (κ2) is 7.35. The number of carboxylic acid groups (broad SMARTS) is 1. The number of nitrogens with zero attached hydrogens (tertiary/aromatic N) is 1. The van der Waals surface area contributed by atoms with E-state index in [-0.39, 0.29) is 24.7 Å². The van der Waals surface area contributed by atoms with Crippen molar-refractivity contribution in [3.05, 3.63) is 0 Å². The Morgan fingerprint density at radius 2 is 2.14 bits per heavy atom. The van der Waals surface area contributed by atoms with E-state index >= 15 is 0 Å².